The van der Waals surface area contributed by atoms with Crippen molar-refractivity contribution in [3.05, 3.63) is 76.0 Å². The van der Waals surface area contributed by atoms with Gasteiger partial charge in [0.25, 0.3) is 5.91 Å². The summed E-state index contributed by atoms with van der Waals surface area (Å²) < 4.78 is 25.8. The van der Waals surface area contributed by atoms with E-state index in [1.54, 1.807) is 10.7 Å². The van der Waals surface area contributed by atoms with Crippen LogP contribution < -0.4 is 5.32 Å². The third-order valence-electron chi connectivity index (χ3n) is 5.07. The van der Waals surface area contributed by atoms with Gasteiger partial charge in [-0.1, -0.05) is 23.8 Å². The first kappa shape index (κ1) is 18.4. The topological polar surface area (TPSA) is 81.1 Å². The van der Waals surface area contributed by atoms with E-state index in [2.05, 4.69) is 10.4 Å². The predicted octanol–water partition coefficient (Wildman–Crippen LogP) is 3.48. The zero-order valence-corrected chi connectivity index (χ0v) is 16.8. The molecule has 28 heavy (non-hydrogen) atoms. The highest BCUT2D eigenvalue weighted by molar-refractivity contribution is 7.90. The Bertz CT molecular complexity index is 1190. The number of fused-ring (bicyclic) bond motifs is 1. The predicted molar refractivity (Wildman–Crippen MR) is 108 cm³/mol. The maximum atomic E-state index is 12.9. The van der Waals surface area contributed by atoms with Gasteiger partial charge in [-0.25, -0.2) is 13.1 Å². The van der Waals surface area contributed by atoms with Crippen LogP contribution in [0.2, 0.25) is 0 Å². The fourth-order valence-electron chi connectivity index (χ4n) is 3.31. The van der Waals surface area contributed by atoms with Crippen molar-refractivity contribution in [3.8, 4) is 5.69 Å². The number of carbonyl (C=O) groups excluding carboxylic acids is 1. The Morgan fingerprint density at radius 3 is 2.39 bits per heavy atom. The highest BCUT2D eigenvalue weighted by atomic mass is 32.2. The summed E-state index contributed by atoms with van der Waals surface area (Å²) in [4.78, 5) is 12.9. The highest BCUT2D eigenvalue weighted by Gasteiger charge is 2.33. The van der Waals surface area contributed by atoms with Crippen molar-refractivity contribution in [2.24, 2.45) is 0 Å². The van der Waals surface area contributed by atoms with E-state index in [0.717, 1.165) is 22.4 Å². The van der Waals surface area contributed by atoms with Crippen molar-refractivity contribution in [1.29, 1.82) is 0 Å². The van der Waals surface area contributed by atoms with Crippen LogP contribution in [0.15, 0.2) is 42.5 Å². The Morgan fingerprint density at radius 1 is 1.00 bits per heavy atom. The van der Waals surface area contributed by atoms with E-state index < -0.39 is 9.84 Å². The SMILES string of the molecule is Cc1ccc(-n2nc3c(c2NC(=O)c2ccc(C)c(C)c2)CS(=O)(=O)C3)cc1. The Kier molecular flexibility index (Phi) is 4.34. The molecule has 0 fully saturated rings. The van der Waals surface area contributed by atoms with Gasteiger partial charge in [-0.15, -0.1) is 0 Å². The normalized spacial score (nSPS) is 14.7. The van der Waals surface area contributed by atoms with Crippen LogP contribution in [0.5, 0.6) is 0 Å². The molecule has 6 nitrogen and oxygen atoms in total. The molecular weight excluding hydrogens is 374 g/mol. The number of aryl methyl sites for hydroxylation is 3. The van der Waals surface area contributed by atoms with E-state index in [1.807, 2.05) is 57.2 Å². The largest absolute Gasteiger partial charge is 0.306 e. The van der Waals surface area contributed by atoms with E-state index in [1.165, 1.54) is 0 Å². The molecule has 7 heteroatoms. The zero-order chi connectivity index (χ0) is 20.1. The van der Waals surface area contributed by atoms with Gasteiger partial charge in [0, 0.05) is 11.1 Å². The number of amides is 1. The summed E-state index contributed by atoms with van der Waals surface area (Å²) in [7, 11) is -3.23. The molecular formula is C21H21N3O3S. The summed E-state index contributed by atoms with van der Waals surface area (Å²) in [5.41, 5.74) is 5.59. The van der Waals surface area contributed by atoms with Gasteiger partial charge >= 0.3 is 0 Å². The number of hydrogen-bond acceptors (Lipinski definition) is 4. The molecule has 0 spiro atoms. The Hall–Kier alpha value is -2.93. The molecule has 0 bridgehead atoms. The summed E-state index contributed by atoms with van der Waals surface area (Å²) in [6.07, 6.45) is 0. The minimum atomic E-state index is -3.23. The molecule has 4 rings (SSSR count). The second kappa shape index (κ2) is 6.60. The van der Waals surface area contributed by atoms with Gasteiger partial charge in [-0.2, -0.15) is 5.10 Å². The van der Waals surface area contributed by atoms with Crippen LogP contribution in [-0.2, 0) is 21.3 Å². The summed E-state index contributed by atoms with van der Waals surface area (Å²) in [5.74, 6) is -0.0867. The molecule has 1 amide bonds. The van der Waals surface area contributed by atoms with Crippen LogP contribution in [0.25, 0.3) is 5.69 Å². The number of aromatic nitrogens is 2. The van der Waals surface area contributed by atoms with Crippen molar-refractivity contribution in [2.45, 2.75) is 32.3 Å². The fourth-order valence-corrected chi connectivity index (χ4v) is 4.80. The van der Waals surface area contributed by atoms with E-state index in [0.29, 0.717) is 22.6 Å². The average molecular weight is 395 g/mol. The number of nitrogens with zero attached hydrogens (tertiary/aromatic N) is 2. The minimum Gasteiger partial charge on any atom is -0.306 e. The van der Waals surface area contributed by atoms with E-state index in [9.17, 15) is 13.2 Å². The Balaban J connectivity index is 1.77. The second-order valence-corrected chi connectivity index (χ2v) is 9.37. The lowest BCUT2D eigenvalue weighted by Gasteiger charge is -2.12. The molecule has 1 aliphatic rings. The first-order valence-electron chi connectivity index (χ1n) is 9.00. The van der Waals surface area contributed by atoms with Gasteiger partial charge in [0.15, 0.2) is 9.84 Å². The number of anilines is 1. The van der Waals surface area contributed by atoms with Gasteiger partial charge in [0.1, 0.15) is 5.82 Å². The number of hydrogen-bond donors (Lipinski definition) is 1. The molecule has 1 aromatic heterocycles. The number of carbonyl (C=O) groups is 1. The molecule has 2 heterocycles. The fraction of sp³-hybridized carbons (Fsp3) is 0.238. The van der Waals surface area contributed by atoms with Crippen molar-refractivity contribution >= 4 is 21.6 Å². The maximum absolute atomic E-state index is 12.9. The molecule has 0 unspecified atom stereocenters. The highest BCUT2D eigenvalue weighted by Crippen LogP contribution is 2.33. The van der Waals surface area contributed by atoms with Crippen LogP contribution in [0.4, 0.5) is 5.82 Å². The molecule has 1 N–H and O–H groups in total. The molecule has 0 saturated carbocycles. The van der Waals surface area contributed by atoms with Gasteiger partial charge < -0.3 is 5.32 Å². The smallest absolute Gasteiger partial charge is 0.256 e. The molecule has 3 aromatic rings. The van der Waals surface area contributed by atoms with Crippen molar-refractivity contribution in [2.75, 3.05) is 5.32 Å². The monoisotopic (exact) mass is 395 g/mol. The van der Waals surface area contributed by atoms with Gasteiger partial charge in [0.2, 0.25) is 0 Å². The zero-order valence-electron chi connectivity index (χ0n) is 16.0. The first-order chi connectivity index (χ1) is 13.2. The lowest BCUT2D eigenvalue weighted by Crippen LogP contribution is -2.17. The summed E-state index contributed by atoms with van der Waals surface area (Å²) >= 11 is 0. The van der Waals surface area contributed by atoms with Gasteiger partial charge in [-0.05, 0) is 56.2 Å². The van der Waals surface area contributed by atoms with Crippen LogP contribution >= 0.6 is 0 Å². The standard InChI is InChI=1S/C21H21N3O3S/c1-13-4-8-17(9-5-13)24-20(18-11-28(26,27)12-19(18)23-24)22-21(25)16-7-6-14(2)15(3)10-16/h4-10H,11-12H2,1-3H3,(H,22,25). The Morgan fingerprint density at radius 2 is 1.71 bits per heavy atom. The van der Waals surface area contributed by atoms with Crippen LogP contribution in [0, 0.1) is 20.8 Å². The molecule has 144 valence electrons. The third-order valence-corrected chi connectivity index (χ3v) is 6.51. The molecule has 0 atom stereocenters. The van der Waals surface area contributed by atoms with Crippen molar-refractivity contribution in [1.82, 2.24) is 9.78 Å². The number of nitrogens with one attached hydrogen (secondary N) is 1. The third kappa shape index (κ3) is 3.33. The minimum absolute atomic E-state index is 0.103. The summed E-state index contributed by atoms with van der Waals surface area (Å²) in [6, 6.07) is 13.2. The van der Waals surface area contributed by atoms with E-state index >= 15 is 0 Å². The van der Waals surface area contributed by atoms with Crippen LogP contribution in [0.3, 0.4) is 0 Å². The van der Waals surface area contributed by atoms with Crippen molar-refractivity contribution < 1.29 is 13.2 Å². The quantitative estimate of drug-likeness (QED) is 0.736. The lowest BCUT2D eigenvalue weighted by atomic mass is 10.1. The van der Waals surface area contributed by atoms with E-state index in [4.69, 9.17) is 0 Å². The maximum Gasteiger partial charge on any atom is 0.256 e. The molecule has 0 saturated heterocycles. The number of benzene rings is 2. The lowest BCUT2D eigenvalue weighted by molar-refractivity contribution is 0.102. The number of sulfone groups is 1. The summed E-state index contributed by atoms with van der Waals surface area (Å²) in [5, 5.41) is 7.39. The summed E-state index contributed by atoms with van der Waals surface area (Å²) in [6.45, 7) is 5.93. The average Bonchev–Trinajstić information content (AvgIpc) is 3.10. The second-order valence-electron chi connectivity index (χ2n) is 7.31. The van der Waals surface area contributed by atoms with Crippen LogP contribution in [-0.4, -0.2) is 24.1 Å². The molecule has 0 radical (unpaired) electrons. The van der Waals surface area contributed by atoms with Gasteiger partial charge in [-0.3, -0.25) is 4.79 Å². The van der Waals surface area contributed by atoms with Crippen LogP contribution in [0.1, 0.15) is 38.3 Å². The molecule has 1 aliphatic heterocycles. The molecule has 0 aliphatic carbocycles. The van der Waals surface area contributed by atoms with E-state index in [-0.39, 0.29) is 17.4 Å². The molecule has 2 aromatic carbocycles. The Labute approximate surface area is 164 Å². The van der Waals surface area contributed by atoms with Gasteiger partial charge in [0.05, 0.1) is 22.9 Å². The number of rotatable bonds is 3. The first-order valence-corrected chi connectivity index (χ1v) is 10.8. The van der Waals surface area contributed by atoms with Crippen molar-refractivity contribution in [3.63, 3.8) is 0 Å².